The summed E-state index contributed by atoms with van der Waals surface area (Å²) in [5, 5.41) is 13.5. The average molecular weight is 412 g/mol. The van der Waals surface area contributed by atoms with Crippen molar-refractivity contribution < 1.29 is 14.5 Å². The van der Waals surface area contributed by atoms with Gasteiger partial charge in [0, 0.05) is 19.5 Å². The van der Waals surface area contributed by atoms with Gasteiger partial charge in [-0.25, -0.2) is 4.99 Å². The number of thioether (sulfide) groups is 1. The smallest absolute Gasteiger partial charge is 0.292 e. The van der Waals surface area contributed by atoms with E-state index in [1.165, 1.54) is 40.4 Å². The number of nitrogens with one attached hydrogen (secondary N) is 1. The van der Waals surface area contributed by atoms with Crippen LogP contribution in [0.25, 0.3) is 0 Å². The molecule has 29 heavy (non-hydrogen) atoms. The van der Waals surface area contributed by atoms with E-state index in [1.54, 1.807) is 13.1 Å². The molecule has 2 aromatic rings. The molecule has 0 aliphatic carbocycles. The van der Waals surface area contributed by atoms with Gasteiger partial charge < -0.3 is 5.32 Å². The summed E-state index contributed by atoms with van der Waals surface area (Å²) in [6, 6.07) is 13.6. The first-order chi connectivity index (χ1) is 13.9. The standard InChI is InChI=1S/C20H20N4O4S/c1-3-13-8-10-14(11-9-13)21-20-23(2)19(26)17(29-20)12-18(25)22-15-6-4-5-7-16(15)24(27)28/h4-11,17H,3,12H2,1-2H3,(H,22,25). The van der Waals surface area contributed by atoms with Crippen LogP contribution in [0.4, 0.5) is 17.1 Å². The number of aryl methyl sites for hydroxylation is 1. The number of nitrogens with zero attached hydrogens (tertiary/aromatic N) is 3. The van der Waals surface area contributed by atoms with Crippen molar-refractivity contribution in [1.82, 2.24) is 4.90 Å². The Hall–Kier alpha value is -3.20. The van der Waals surface area contributed by atoms with Crippen LogP contribution in [0.5, 0.6) is 0 Å². The number of hydrogen-bond donors (Lipinski definition) is 1. The predicted molar refractivity (Wildman–Crippen MR) is 113 cm³/mol. The van der Waals surface area contributed by atoms with Gasteiger partial charge in [-0.05, 0) is 30.2 Å². The number of amidine groups is 1. The quantitative estimate of drug-likeness (QED) is 0.575. The molecule has 1 aliphatic rings. The number of benzene rings is 2. The lowest BCUT2D eigenvalue weighted by Crippen LogP contribution is -2.30. The van der Waals surface area contributed by atoms with E-state index in [0.717, 1.165) is 12.1 Å². The third-order valence-electron chi connectivity index (χ3n) is 4.46. The van der Waals surface area contributed by atoms with Crippen molar-refractivity contribution >= 4 is 45.8 Å². The summed E-state index contributed by atoms with van der Waals surface area (Å²) in [6.45, 7) is 2.07. The molecule has 0 bridgehead atoms. The summed E-state index contributed by atoms with van der Waals surface area (Å²) < 4.78 is 0. The number of nitro groups is 1. The molecule has 0 aromatic heterocycles. The predicted octanol–water partition coefficient (Wildman–Crippen LogP) is 3.75. The van der Waals surface area contributed by atoms with Gasteiger partial charge in [0.1, 0.15) is 10.9 Å². The van der Waals surface area contributed by atoms with E-state index in [9.17, 15) is 19.7 Å². The molecule has 1 heterocycles. The van der Waals surface area contributed by atoms with E-state index < -0.39 is 16.1 Å². The third kappa shape index (κ3) is 4.80. The molecule has 1 aliphatic heterocycles. The fraction of sp³-hybridized carbons (Fsp3) is 0.250. The normalized spacial score (nSPS) is 17.6. The monoisotopic (exact) mass is 412 g/mol. The van der Waals surface area contributed by atoms with Crippen molar-refractivity contribution in [2.75, 3.05) is 12.4 Å². The Morgan fingerprint density at radius 1 is 1.24 bits per heavy atom. The summed E-state index contributed by atoms with van der Waals surface area (Å²) in [5.74, 6) is -0.691. The number of aliphatic imine (C=N–C) groups is 1. The maximum Gasteiger partial charge on any atom is 0.292 e. The zero-order valence-electron chi connectivity index (χ0n) is 16.0. The molecule has 3 rings (SSSR count). The van der Waals surface area contributed by atoms with Crippen molar-refractivity contribution in [3.63, 3.8) is 0 Å². The highest BCUT2D eigenvalue weighted by atomic mass is 32.2. The molecule has 9 heteroatoms. The van der Waals surface area contributed by atoms with Crippen LogP contribution in [-0.4, -0.2) is 39.1 Å². The highest BCUT2D eigenvalue weighted by molar-refractivity contribution is 8.15. The van der Waals surface area contributed by atoms with Gasteiger partial charge in [0.25, 0.3) is 5.69 Å². The van der Waals surface area contributed by atoms with Crippen molar-refractivity contribution in [3.05, 3.63) is 64.2 Å². The summed E-state index contributed by atoms with van der Waals surface area (Å²) in [4.78, 5) is 41.3. The molecule has 1 saturated heterocycles. The Morgan fingerprint density at radius 2 is 1.93 bits per heavy atom. The number of amides is 2. The Labute approximate surface area is 172 Å². The summed E-state index contributed by atoms with van der Waals surface area (Å²) in [7, 11) is 1.62. The van der Waals surface area contributed by atoms with Gasteiger partial charge in [-0.3, -0.25) is 24.6 Å². The highest BCUT2D eigenvalue weighted by Crippen LogP contribution is 2.31. The van der Waals surface area contributed by atoms with Crippen LogP contribution in [-0.2, 0) is 16.0 Å². The largest absolute Gasteiger partial charge is 0.320 e. The lowest BCUT2D eigenvalue weighted by molar-refractivity contribution is -0.383. The molecular weight excluding hydrogens is 392 g/mol. The number of rotatable bonds is 6. The molecule has 0 spiro atoms. The van der Waals surface area contributed by atoms with Gasteiger partial charge >= 0.3 is 0 Å². The first-order valence-electron chi connectivity index (χ1n) is 9.04. The maximum absolute atomic E-state index is 12.5. The van der Waals surface area contributed by atoms with Crippen LogP contribution in [0, 0.1) is 10.1 Å². The molecule has 8 nitrogen and oxygen atoms in total. The van der Waals surface area contributed by atoms with Gasteiger partial charge in [-0.2, -0.15) is 0 Å². The van der Waals surface area contributed by atoms with Crippen LogP contribution in [0.15, 0.2) is 53.5 Å². The van der Waals surface area contributed by atoms with Crippen LogP contribution in [0.1, 0.15) is 18.9 Å². The summed E-state index contributed by atoms with van der Waals surface area (Å²) in [6.07, 6.45) is 0.828. The van der Waals surface area contributed by atoms with Crippen LogP contribution >= 0.6 is 11.8 Å². The Balaban J connectivity index is 1.69. The fourth-order valence-electron chi connectivity index (χ4n) is 2.82. The number of carbonyl (C=O) groups is 2. The van der Waals surface area contributed by atoms with Crippen molar-refractivity contribution in [2.24, 2.45) is 4.99 Å². The van der Waals surface area contributed by atoms with Crippen molar-refractivity contribution in [3.8, 4) is 0 Å². The van der Waals surface area contributed by atoms with E-state index >= 15 is 0 Å². The van der Waals surface area contributed by atoms with Crippen LogP contribution < -0.4 is 5.32 Å². The summed E-state index contributed by atoms with van der Waals surface area (Å²) in [5.41, 5.74) is 1.84. The van der Waals surface area contributed by atoms with Crippen molar-refractivity contribution in [2.45, 2.75) is 25.0 Å². The molecule has 1 fully saturated rings. The van der Waals surface area contributed by atoms with E-state index in [-0.39, 0.29) is 23.7 Å². The SMILES string of the molecule is CCc1ccc(N=C2SC(CC(=O)Nc3ccccc3[N+](=O)[O-])C(=O)N2C)cc1. The first-order valence-corrected chi connectivity index (χ1v) is 9.92. The van der Waals surface area contributed by atoms with Crippen LogP contribution in [0.2, 0.25) is 0 Å². The first kappa shape index (κ1) is 20.5. The number of anilines is 1. The zero-order valence-corrected chi connectivity index (χ0v) is 16.8. The van der Waals surface area contributed by atoms with Gasteiger partial charge in [0.15, 0.2) is 5.17 Å². The van der Waals surface area contributed by atoms with E-state index in [2.05, 4.69) is 17.2 Å². The molecule has 2 amide bonds. The van der Waals surface area contributed by atoms with Crippen LogP contribution in [0.3, 0.4) is 0 Å². The molecule has 2 aromatic carbocycles. The summed E-state index contributed by atoms with van der Waals surface area (Å²) >= 11 is 1.21. The Bertz CT molecular complexity index is 975. The van der Waals surface area contributed by atoms with E-state index in [0.29, 0.717) is 5.17 Å². The zero-order chi connectivity index (χ0) is 21.0. The van der Waals surface area contributed by atoms with E-state index in [4.69, 9.17) is 0 Å². The number of para-hydroxylation sites is 2. The number of hydrogen-bond acceptors (Lipinski definition) is 6. The minimum absolute atomic E-state index is 0.103. The van der Waals surface area contributed by atoms with Gasteiger partial charge in [-0.15, -0.1) is 0 Å². The average Bonchev–Trinajstić information content (AvgIpc) is 2.96. The minimum Gasteiger partial charge on any atom is -0.320 e. The number of carbonyl (C=O) groups excluding carboxylic acids is 2. The van der Waals surface area contributed by atoms with Crippen molar-refractivity contribution in [1.29, 1.82) is 0 Å². The fourth-order valence-corrected chi connectivity index (χ4v) is 3.98. The molecule has 150 valence electrons. The number of nitro benzene ring substituents is 1. The second-order valence-corrected chi connectivity index (χ2v) is 7.61. The molecule has 1 atom stereocenters. The lowest BCUT2D eigenvalue weighted by Gasteiger charge is -2.09. The maximum atomic E-state index is 12.5. The second-order valence-electron chi connectivity index (χ2n) is 6.44. The molecular formula is C20H20N4O4S. The molecule has 0 saturated carbocycles. The molecule has 0 radical (unpaired) electrons. The highest BCUT2D eigenvalue weighted by Gasteiger charge is 2.37. The minimum atomic E-state index is -0.628. The molecule has 1 N–H and O–H groups in total. The third-order valence-corrected chi connectivity index (χ3v) is 5.68. The second kappa shape index (κ2) is 8.87. The van der Waals surface area contributed by atoms with Gasteiger partial charge in [0.05, 0.1) is 10.6 Å². The van der Waals surface area contributed by atoms with E-state index in [1.807, 2.05) is 24.3 Å². The van der Waals surface area contributed by atoms with Gasteiger partial charge in [-0.1, -0.05) is 43.0 Å². The topological polar surface area (TPSA) is 105 Å². The van der Waals surface area contributed by atoms with Gasteiger partial charge in [0.2, 0.25) is 11.8 Å². The Kier molecular flexibility index (Phi) is 6.28. The Morgan fingerprint density at radius 3 is 2.59 bits per heavy atom. The molecule has 1 unspecified atom stereocenters. The lowest BCUT2D eigenvalue weighted by atomic mass is 10.2.